The number of hydrogen-bond acceptors (Lipinski definition) is 7. The van der Waals surface area contributed by atoms with E-state index >= 15 is 0 Å². The highest BCUT2D eigenvalue weighted by atomic mass is 15.4. The monoisotopic (exact) mass is 260 g/mol. The smallest absolute Gasteiger partial charge is 0.258 e. The number of anilines is 2. The molecule has 1 aliphatic carbocycles. The first-order chi connectivity index (χ1) is 9.15. The average molecular weight is 260 g/mol. The van der Waals surface area contributed by atoms with E-state index in [4.69, 9.17) is 5.73 Å². The van der Waals surface area contributed by atoms with E-state index in [-0.39, 0.29) is 5.95 Å². The highest BCUT2D eigenvalue weighted by Crippen LogP contribution is 2.35. The van der Waals surface area contributed by atoms with Gasteiger partial charge in [-0.3, -0.25) is 0 Å². The van der Waals surface area contributed by atoms with Crippen LogP contribution in [0.5, 0.6) is 0 Å². The highest BCUT2D eigenvalue weighted by Gasteiger charge is 2.31. The second-order valence-corrected chi connectivity index (χ2v) is 4.82. The van der Waals surface area contributed by atoms with E-state index in [2.05, 4.69) is 32.0 Å². The molecule has 19 heavy (non-hydrogen) atoms. The maximum Gasteiger partial charge on any atom is 0.258 e. The summed E-state index contributed by atoms with van der Waals surface area (Å²) in [5.41, 5.74) is 5.74. The Labute approximate surface area is 110 Å². The van der Waals surface area contributed by atoms with Gasteiger partial charge in [-0.25, -0.2) is 4.98 Å². The molecule has 1 unspecified atom stereocenters. The van der Waals surface area contributed by atoms with Crippen molar-refractivity contribution >= 4 is 11.9 Å². The molecule has 0 spiro atoms. The zero-order valence-electron chi connectivity index (χ0n) is 10.9. The van der Waals surface area contributed by atoms with Crippen molar-refractivity contribution in [3.63, 3.8) is 0 Å². The second-order valence-electron chi connectivity index (χ2n) is 4.82. The fourth-order valence-electron chi connectivity index (χ4n) is 2.02. The first-order valence-electron chi connectivity index (χ1n) is 6.24. The van der Waals surface area contributed by atoms with Gasteiger partial charge in [0.2, 0.25) is 11.9 Å². The number of hydrogen-bond donors (Lipinski definition) is 1. The largest absolute Gasteiger partial charge is 0.368 e. The van der Waals surface area contributed by atoms with Gasteiger partial charge in [0.1, 0.15) is 12.7 Å². The Hall–Kier alpha value is -2.25. The molecule has 2 aromatic rings. The van der Waals surface area contributed by atoms with Gasteiger partial charge in [0.05, 0.1) is 0 Å². The number of nitrogens with zero attached hydrogens (tertiary/aromatic N) is 7. The van der Waals surface area contributed by atoms with Gasteiger partial charge in [-0.15, -0.1) is 0 Å². The van der Waals surface area contributed by atoms with E-state index in [1.165, 1.54) is 30.2 Å². The predicted octanol–water partition coefficient (Wildman–Crippen LogP) is 0.269. The molecule has 1 fully saturated rings. The topological polar surface area (TPSA) is 98.6 Å². The van der Waals surface area contributed by atoms with Crippen LogP contribution in [0.4, 0.5) is 11.9 Å². The summed E-state index contributed by atoms with van der Waals surface area (Å²) in [4.78, 5) is 18.6. The summed E-state index contributed by atoms with van der Waals surface area (Å²) in [6.07, 6.45) is 5.49. The molecule has 0 amide bonds. The predicted molar refractivity (Wildman–Crippen MR) is 69.7 cm³/mol. The van der Waals surface area contributed by atoms with Gasteiger partial charge in [0.15, 0.2) is 0 Å². The molecule has 1 aliphatic rings. The van der Waals surface area contributed by atoms with Crippen molar-refractivity contribution in [2.75, 3.05) is 17.7 Å². The highest BCUT2D eigenvalue weighted by molar-refractivity contribution is 5.38. The van der Waals surface area contributed by atoms with Crippen molar-refractivity contribution in [2.45, 2.75) is 25.8 Å². The molecule has 1 saturated carbocycles. The molecule has 0 bridgehead atoms. The van der Waals surface area contributed by atoms with Crippen molar-refractivity contribution < 1.29 is 0 Å². The molecule has 2 heterocycles. The first-order valence-corrected chi connectivity index (χ1v) is 6.24. The zero-order valence-corrected chi connectivity index (χ0v) is 10.9. The van der Waals surface area contributed by atoms with Crippen LogP contribution >= 0.6 is 0 Å². The van der Waals surface area contributed by atoms with E-state index in [0.29, 0.717) is 17.9 Å². The quantitative estimate of drug-likeness (QED) is 0.842. The van der Waals surface area contributed by atoms with E-state index in [9.17, 15) is 0 Å². The molecular formula is C11H16N8. The molecule has 1 atom stereocenters. The lowest BCUT2D eigenvalue weighted by Crippen LogP contribution is -2.32. The average Bonchev–Trinajstić information content (AvgIpc) is 3.11. The van der Waals surface area contributed by atoms with E-state index in [0.717, 1.165) is 5.92 Å². The standard InChI is InChI=1S/C11H16N8/c1-7(8-3-4-8)18(2)10-15-9(12)16-11(17-10)19-6-13-5-14-19/h5-8H,3-4H2,1-2H3,(H2,12,15,16,17). The van der Waals surface area contributed by atoms with Crippen molar-refractivity contribution in [3.8, 4) is 5.95 Å². The minimum atomic E-state index is 0.186. The van der Waals surface area contributed by atoms with Crippen LogP contribution < -0.4 is 10.6 Å². The molecule has 2 aromatic heterocycles. The van der Waals surface area contributed by atoms with Crippen LogP contribution in [0.25, 0.3) is 5.95 Å². The maximum absolute atomic E-state index is 5.74. The van der Waals surface area contributed by atoms with Gasteiger partial charge in [0, 0.05) is 13.1 Å². The lowest BCUT2D eigenvalue weighted by atomic mass is 10.2. The van der Waals surface area contributed by atoms with Gasteiger partial charge in [-0.2, -0.15) is 24.7 Å². The van der Waals surface area contributed by atoms with E-state index in [1.807, 2.05) is 11.9 Å². The molecule has 0 saturated heterocycles. The molecule has 8 nitrogen and oxygen atoms in total. The third kappa shape index (κ3) is 2.33. The van der Waals surface area contributed by atoms with Crippen LogP contribution in [-0.2, 0) is 0 Å². The Bertz CT molecular complexity index is 562. The van der Waals surface area contributed by atoms with Crippen LogP contribution in [-0.4, -0.2) is 42.8 Å². The zero-order chi connectivity index (χ0) is 13.4. The summed E-state index contributed by atoms with van der Waals surface area (Å²) < 4.78 is 1.47. The summed E-state index contributed by atoms with van der Waals surface area (Å²) in [5.74, 6) is 1.86. The summed E-state index contributed by atoms with van der Waals surface area (Å²) in [5, 5.41) is 4.00. The molecule has 0 aliphatic heterocycles. The summed E-state index contributed by atoms with van der Waals surface area (Å²) in [7, 11) is 1.98. The third-order valence-electron chi connectivity index (χ3n) is 3.48. The van der Waals surface area contributed by atoms with Crippen LogP contribution in [0.2, 0.25) is 0 Å². The summed E-state index contributed by atoms with van der Waals surface area (Å²) in [6.45, 7) is 2.17. The molecule has 3 rings (SSSR count). The SMILES string of the molecule is CC(C1CC1)N(C)c1nc(N)nc(-n2cncn2)n1. The first kappa shape index (κ1) is 11.8. The van der Waals surface area contributed by atoms with Gasteiger partial charge in [-0.1, -0.05) is 0 Å². The Kier molecular flexibility index (Phi) is 2.77. The van der Waals surface area contributed by atoms with Gasteiger partial charge in [0.25, 0.3) is 5.95 Å². The Morgan fingerprint density at radius 1 is 1.37 bits per heavy atom. The Morgan fingerprint density at radius 2 is 2.16 bits per heavy atom. The van der Waals surface area contributed by atoms with Gasteiger partial charge >= 0.3 is 0 Å². The lowest BCUT2D eigenvalue weighted by molar-refractivity contribution is 0.595. The number of aromatic nitrogens is 6. The van der Waals surface area contributed by atoms with E-state index < -0.39 is 0 Å². The molecular weight excluding hydrogens is 244 g/mol. The fourth-order valence-corrected chi connectivity index (χ4v) is 2.02. The van der Waals surface area contributed by atoms with E-state index in [1.54, 1.807) is 0 Å². The van der Waals surface area contributed by atoms with Crippen molar-refractivity contribution in [1.82, 2.24) is 29.7 Å². The number of nitrogens with two attached hydrogens (primary N) is 1. The molecule has 0 radical (unpaired) electrons. The van der Waals surface area contributed by atoms with Crippen LogP contribution in [0, 0.1) is 5.92 Å². The fraction of sp³-hybridized carbons (Fsp3) is 0.545. The van der Waals surface area contributed by atoms with Crippen molar-refractivity contribution in [3.05, 3.63) is 12.7 Å². The van der Waals surface area contributed by atoms with Crippen LogP contribution in [0.15, 0.2) is 12.7 Å². The molecule has 100 valence electrons. The minimum Gasteiger partial charge on any atom is -0.368 e. The summed E-state index contributed by atoms with van der Waals surface area (Å²) in [6, 6.07) is 0.394. The van der Waals surface area contributed by atoms with Crippen molar-refractivity contribution in [1.29, 1.82) is 0 Å². The second kappa shape index (κ2) is 4.45. The third-order valence-corrected chi connectivity index (χ3v) is 3.48. The van der Waals surface area contributed by atoms with Crippen LogP contribution in [0.1, 0.15) is 19.8 Å². The maximum atomic E-state index is 5.74. The number of nitrogen functional groups attached to an aromatic ring is 1. The minimum absolute atomic E-state index is 0.186. The summed E-state index contributed by atoms with van der Waals surface area (Å²) >= 11 is 0. The Balaban J connectivity index is 1.93. The van der Waals surface area contributed by atoms with Gasteiger partial charge in [-0.05, 0) is 25.7 Å². The molecule has 2 N–H and O–H groups in total. The van der Waals surface area contributed by atoms with Crippen LogP contribution in [0.3, 0.4) is 0 Å². The Morgan fingerprint density at radius 3 is 2.79 bits per heavy atom. The molecule has 0 aromatic carbocycles. The van der Waals surface area contributed by atoms with Gasteiger partial charge < -0.3 is 10.6 Å². The molecule has 8 heteroatoms. The van der Waals surface area contributed by atoms with Crippen molar-refractivity contribution in [2.24, 2.45) is 5.92 Å². The number of rotatable bonds is 4. The normalized spacial score (nSPS) is 16.3. The lowest BCUT2D eigenvalue weighted by Gasteiger charge is -2.24.